The number of anilines is 1. The molecule has 6 nitrogen and oxygen atoms in total. The summed E-state index contributed by atoms with van der Waals surface area (Å²) in [6.07, 6.45) is 3.50. The van der Waals surface area contributed by atoms with Gasteiger partial charge in [-0.3, -0.25) is 9.78 Å². The molecule has 0 radical (unpaired) electrons. The number of carbonyl (C=O) groups is 1. The lowest BCUT2D eigenvalue weighted by Crippen LogP contribution is -2.13. The van der Waals surface area contributed by atoms with Gasteiger partial charge in [-0.2, -0.15) is 0 Å². The number of benzene rings is 1. The Morgan fingerprint density at radius 3 is 2.46 bits per heavy atom. The van der Waals surface area contributed by atoms with Gasteiger partial charge in [-0.15, -0.1) is 0 Å². The van der Waals surface area contributed by atoms with Gasteiger partial charge < -0.3 is 14.6 Å². The van der Waals surface area contributed by atoms with Crippen molar-refractivity contribution in [1.29, 1.82) is 0 Å². The highest BCUT2D eigenvalue weighted by molar-refractivity contribution is 6.04. The van der Waals surface area contributed by atoms with Gasteiger partial charge in [-0.25, -0.2) is 0 Å². The third-order valence-corrected chi connectivity index (χ3v) is 4.32. The monoisotopic (exact) mass is 379 g/mol. The van der Waals surface area contributed by atoms with E-state index in [-0.39, 0.29) is 11.3 Å². The molecule has 0 spiro atoms. The number of aryl methyl sites for hydroxylation is 2. The van der Waals surface area contributed by atoms with Crippen LogP contribution in [0.5, 0.6) is 5.75 Å². The molecule has 0 bridgehead atoms. The first kappa shape index (κ1) is 19.6. The number of rotatable bonds is 5. The molecule has 0 aliphatic rings. The summed E-state index contributed by atoms with van der Waals surface area (Å²) in [7, 11) is 0. The van der Waals surface area contributed by atoms with E-state index in [1.165, 1.54) is 0 Å². The zero-order valence-corrected chi connectivity index (χ0v) is 16.9. The number of hydrogen-bond acceptors (Lipinski definition) is 5. The van der Waals surface area contributed by atoms with E-state index < -0.39 is 0 Å². The maximum absolute atomic E-state index is 12.6. The van der Waals surface area contributed by atoms with Crippen molar-refractivity contribution in [3.63, 3.8) is 0 Å². The lowest BCUT2D eigenvalue weighted by Gasteiger charge is -2.14. The van der Waals surface area contributed by atoms with Crippen LogP contribution in [0.2, 0.25) is 0 Å². The van der Waals surface area contributed by atoms with E-state index in [1.807, 2.05) is 58.9 Å². The van der Waals surface area contributed by atoms with Gasteiger partial charge in [0, 0.05) is 35.0 Å². The largest absolute Gasteiger partial charge is 0.488 e. The Kier molecular flexibility index (Phi) is 5.49. The average Bonchev–Trinajstić information content (AvgIpc) is 3.10. The zero-order chi connectivity index (χ0) is 20.3. The molecule has 1 amide bonds. The third kappa shape index (κ3) is 4.57. The zero-order valence-electron chi connectivity index (χ0n) is 16.9. The molecule has 2 aromatic heterocycles. The Balaban J connectivity index is 1.72. The van der Waals surface area contributed by atoms with Crippen molar-refractivity contribution < 1.29 is 14.1 Å². The summed E-state index contributed by atoms with van der Waals surface area (Å²) in [5.41, 5.74) is 3.15. The minimum absolute atomic E-state index is 0.170. The predicted octanol–water partition coefficient (Wildman–Crippen LogP) is 4.82. The van der Waals surface area contributed by atoms with Gasteiger partial charge in [0.2, 0.25) is 0 Å². The number of pyridine rings is 1. The molecule has 0 atom stereocenters. The second-order valence-electron chi connectivity index (χ2n) is 7.87. The number of carbonyl (C=O) groups excluding carboxylic acids is 1. The predicted molar refractivity (Wildman–Crippen MR) is 108 cm³/mol. The smallest absolute Gasteiger partial charge is 0.256 e. The SMILES string of the molecule is Cc1cc(C(=O)Nc2cc(C(C)(C)C)on2)cc(C)c1OCc1cccnc1. The van der Waals surface area contributed by atoms with Crippen molar-refractivity contribution in [1.82, 2.24) is 10.1 Å². The molecule has 0 saturated heterocycles. The number of hydrogen-bond donors (Lipinski definition) is 1. The topological polar surface area (TPSA) is 77.2 Å². The van der Waals surface area contributed by atoms with Crippen LogP contribution in [0.1, 0.15) is 53.6 Å². The Morgan fingerprint density at radius 1 is 1.18 bits per heavy atom. The van der Waals surface area contributed by atoms with Crippen LogP contribution in [0, 0.1) is 13.8 Å². The fourth-order valence-electron chi connectivity index (χ4n) is 2.82. The van der Waals surface area contributed by atoms with Gasteiger partial charge in [0.25, 0.3) is 5.91 Å². The third-order valence-electron chi connectivity index (χ3n) is 4.32. The molecule has 3 rings (SSSR count). The first-order valence-corrected chi connectivity index (χ1v) is 9.15. The Hall–Kier alpha value is -3.15. The van der Waals surface area contributed by atoms with Crippen LogP contribution in [0.25, 0.3) is 0 Å². The minimum atomic E-state index is -0.237. The molecule has 3 aromatic rings. The molecule has 0 aliphatic heterocycles. The fraction of sp³-hybridized carbons (Fsp3) is 0.318. The van der Waals surface area contributed by atoms with Crippen molar-refractivity contribution in [3.05, 3.63) is 70.7 Å². The molecule has 2 heterocycles. The van der Waals surface area contributed by atoms with E-state index in [0.29, 0.717) is 23.7 Å². The maximum Gasteiger partial charge on any atom is 0.256 e. The van der Waals surface area contributed by atoms with Crippen LogP contribution in [0.15, 0.2) is 47.2 Å². The van der Waals surface area contributed by atoms with Crippen molar-refractivity contribution in [3.8, 4) is 5.75 Å². The summed E-state index contributed by atoms with van der Waals surface area (Å²) in [6, 6.07) is 9.21. The van der Waals surface area contributed by atoms with Crippen LogP contribution in [0.4, 0.5) is 5.82 Å². The van der Waals surface area contributed by atoms with Crippen LogP contribution in [0.3, 0.4) is 0 Å². The van der Waals surface area contributed by atoms with Gasteiger partial charge in [-0.05, 0) is 43.2 Å². The van der Waals surface area contributed by atoms with Gasteiger partial charge in [0.1, 0.15) is 18.1 Å². The molecule has 1 N–H and O–H groups in total. The molecule has 0 unspecified atom stereocenters. The van der Waals surface area contributed by atoms with Crippen molar-refractivity contribution in [2.45, 2.75) is 46.6 Å². The summed E-state index contributed by atoms with van der Waals surface area (Å²) in [6.45, 7) is 10.4. The lowest BCUT2D eigenvalue weighted by molar-refractivity contribution is 0.102. The van der Waals surface area contributed by atoms with Crippen molar-refractivity contribution in [2.75, 3.05) is 5.32 Å². The summed E-state index contributed by atoms with van der Waals surface area (Å²) in [4.78, 5) is 16.7. The van der Waals surface area contributed by atoms with Gasteiger partial charge in [-0.1, -0.05) is 32.0 Å². The summed E-state index contributed by atoms with van der Waals surface area (Å²) in [5, 5.41) is 6.73. The quantitative estimate of drug-likeness (QED) is 0.688. The van der Waals surface area contributed by atoms with Crippen LogP contribution in [-0.2, 0) is 12.0 Å². The number of amides is 1. The molecular weight excluding hydrogens is 354 g/mol. The Labute approximate surface area is 164 Å². The maximum atomic E-state index is 12.6. The number of nitrogens with zero attached hydrogens (tertiary/aromatic N) is 2. The minimum Gasteiger partial charge on any atom is -0.488 e. The van der Waals surface area contributed by atoms with Crippen LogP contribution < -0.4 is 10.1 Å². The Morgan fingerprint density at radius 2 is 1.89 bits per heavy atom. The van der Waals surface area contributed by atoms with E-state index in [1.54, 1.807) is 18.5 Å². The second-order valence-corrected chi connectivity index (χ2v) is 7.87. The van der Waals surface area contributed by atoms with E-state index in [2.05, 4.69) is 15.5 Å². The van der Waals surface area contributed by atoms with Gasteiger partial charge in [0.05, 0.1) is 0 Å². The molecule has 1 aromatic carbocycles. The van der Waals surface area contributed by atoms with E-state index in [9.17, 15) is 4.79 Å². The molecule has 0 saturated carbocycles. The highest BCUT2D eigenvalue weighted by Gasteiger charge is 2.21. The normalized spacial score (nSPS) is 11.3. The van der Waals surface area contributed by atoms with Gasteiger partial charge in [0.15, 0.2) is 5.82 Å². The fourth-order valence-corrected chi connectivity index (χ4v) is 2.82. The highest BCUT2D eigenvalue weighted by Crippen LogP contribution is 2.27. The first-order chi connectivity index (χ1) is 13.2. The standard InChI is InChI=1S/C22H25N3O3/c1-14-9-17(21(26)24-19-11-18(28-25-19)22(3,4)5)10-15(2)20(14)27-13-16-7-6-8-23-12-16/h6-12H,13H2,1-5H3,(H,24,25,26). The second kappa shape index (κ2) is 7.84. The number of nitrogens with one attached hydrogen (secondary N) is 1. The van der Waals surface area contributed by atoms with E-state index in [4.69, 9.17) is 9.26 Å². The molecule has 146 valence electrons. The molecule has 28 heavy (non-hydrogen) atoms. The van der Waals surface area contributed by atoms with E-state index >= 15 is 0 Å². The first-order valence-electron chi connectivity index (χ1n) is 9.15. The molecule has 0 aliphatic carbocycles. The molecule has 6 heteroatoms. The number of ether oxygens (including phenoxy) is 1. The highest BCUT2D eigenvalue weighted by atomic mass is 16.5. The van der Waals surface area contributed by atoms with Crippen LogP contribution in [-0.4, -0.2) is 16.0 Å². The molecule has 0 fully saturated rings. The lowest BCUT2D eigenvalue weighted by atomic mass is 9.93. The number of aromatic nitrogens is 2. The molecular formula is C22H25N3O3. The van der Waals surface area contributed by atoms with Gasteiger partial charge >= 0.3 is 0 Å². The summed E-state index contributed by atoms with van der Waals surface area (Å²) >= 11 is 0. The van der Waals surface area contributed by atoms with Crippen LogP contribution >= 0.6 is 0 Å². The Bertz CT molecular complexity index is 949. The summed E-state index contributed by atoms with van der Waals surface area (Å²) in [5.74, 6) is 1.66. The average molecular weight is 379 g/mol. The van der Waals surface area contributed by atoms with E-state index in [0.717, 1.165) is 22.4 Å². The van der Waals surface area contributed by atoms with Crippen molar-refractivity contribution >= 4 is 11.7 Å². The van der Waals surface area contributed by atoms with Crippen molar-refractivity contribution in [2.24, 2.45) is 0 Å². The summed E-state index contributed by atoms with van der Waals surface area (Å²) < 4.78 is 11.3.